The van der Waals surface area contributed by atoms with Gasteiger partial charge < -0.3 is 19.3 Å². The molecule has 2 aromatic carbocycles. The number of benzene rings is 2. The highest BCUT2D eigenvalue weighted by Crippen LogP contribution is 2.44. The number of nitrogens with zero attached hydrogens (tertiary/aromatic N) is 2. The molecule has 1 N–H and O–H groups in total. The first-order valence-electron chi connectivity index (χ1n) is 12.7. The number of ketones is 1. The molecule has 2 atom stereocenters. The van der Waals surface area contributed by atoms with Crippen LogP contribution >= 0.6 is 11.3 Å². The number of aliphatic hydroxyl groups is 1. The van der Waals surface area contributed by atoms with Gasteiger partial charge in [-0.3, -0.25) is 14.5 Å². The standard InChI is InChI=1S/C30H26N2O8S/c1-5-12-39-29(37)26-16(3)31-30(41-26)32-23(17-6-8-18(9-7-17)28(36)38-4)22(25(34)27(32)35)24(33)19-10-11-21-20(14-19)13-15(2)40-21/h5-11,14-15,23,33H,1,12-13H2,2-4H3/b24-22+. The Morgan fingerprint density at radius 3 is 2.56 bits per heavy atom. The lowest BCUT2D eigenvalue weighted by Gasteiger charge is -2.23. The van der Waals surface area contributed by atoms with Gasteiger partial charge in [0.2, 0.25) is 0 Å². The van der Waals surface area contributed by atoms with Gasteiger partial charge in [0.15, 0.2) is 5.13 Å². The third-order valence-electron chi connectivity index (χ3n) is 6.77. The van der Waals surface area contributed by atoms with Crippen LogP contribution in [0.25, 0.3) is 5.76 Å². The number of amides is 1. The van der Waals surface area contributed by atoms with Crippen molar-refractivity contribution in [2.75, 3.05) is 18.6 Å². The van der Waals surface area contributed by atoms with E-state index in [1.54, 1.807) is 37.3 Å². The zero-order valence-corrected chi connectivity index (χ0v) is 23.3. The fourth-order valence-corrected chi connectivity index (χ4v) is 5.85. The molecular formula is C30H26N2O8S. The summed E-state index contributed by atoms with van der Waals surface area (Å²) in [6.07, 6.45) is 2.03. The second-order valence-corrected chi connectivity index (χ2v) is 10.5. The molecule has 3 aromatic rings. The van der Waals surface area contributed by atoms with Crippen LogP contribution in [0.3, 0.4) is 0 Å². The number of aryl methyl sites for hydroxylation is 1. The number of hydrogen-bond acceptors (Lipinski definition) is 10. The van der Waals surface area contributed by atoms with Crippen LogP contribution in [0.1, 0.15) is 55.4 Å². The number of aliphatic hydroxyl groups excluding tert-OH is 1. The van der Waals surface area contributed by atoms with Crippen molar-refractivity contribution in [2.45, 2.75) is 32.4 Å². The highest BCUT2D eigenvalue weighted by Gasteiger charge is 2.48. The number of aromatic nitrogens is 1. The summed E-state index contributed by atoms with van der Waals surface area (Å²) in [6, 6.07) is 10.1. The monoisotopic (exact) mass is 574 g/mol. The lowest BCUT2D eigenvalue weighted by Crippen LogP contribution is -2.29. The van der Waals surface area contributed by atoms with Gasteiger partial charge in [-0.25, -0.2) is 14.6 Å². The number of Topliss-reactive ketones (excluding diaryl/α,β-unsaturated/α-hetero) is 1. The third-order valence-corrected chi connectivity index (χ3v) is 7.91. The molecule has 3 heterocycles. The van der Waals surface area contributed by atoms with Crippen molar-refractivity contribution in [3.8, 4) is 5.75 Å². The van der Waals surface area contributed by atoms with Crippen LogP contribution in [0.5, 0.6) is 5.75 Å². The molecule has 1 fully saturated rings. The molecule has 2 aliphatic rings. The first-order valence-corrected chi connectivity index (χ1v) is 13.5. The van der Waals surface area contributed by atoms with E-state index in [1.165, 1.54) is 25.3 Å². The second kappa shape index (κ2) is 11.0. The summed E-state index contributed by atoms with van der Waals surface area (Å²) in [6.45, 7) is 7.05. The van der Waals surface area contributed by atoms with Crippen LogP contribution in [0.15, 0.2) is 60.7 Å². The Bertz CT molecular complexity index is 1620. The largest absolute Gasteiger partial charge is 0.507 e. The Balaban J connectivity index is 1.65. The van der Waals surface area contributed by atoms with Gasteiger partial charge in [-0.2, -0.15) is 0 Å². The summed E-state index contributed by atoms with van der Waals surface area (Å²) in [7, 11) is 1.26. The number of carbonyl (C=O) groups is 4. The number of anilines is 1. The Kier molecular flexibility index (Phi) is 7.46. The van der Waals surface area contributed by atoms with E-state index in [0.717, 1.165) is 21.8 Å². The first-order chi connectivity index (χ1) is 19.6. The Labute approximate surface area is 239 Å². The maximum atomic E-state index is 13.5. The Hall–Kier alpha value is -4.77. The molecule has 1 amide bonds. The average molecular weight is 575 g/mol. The fourth-order valence-electron chi connectivity index (χ4n) is 4.86. The molecule has 0 radical (unpaired) electrons. The number of hydrogen-bond donors (Lipinski definition) is 1. The van der Waals surface area contributed by atoms with Crippen LogP contribution < -0.4 is 9.64 Å². The van der Waals surface area contributed by atoms with Gasteiger partial charge in [-0.05, 0) is 55.3 Å². The summed E-state index contributed by atoms with van der Waals surface area (Å²) in [5.41, 5.74) is 2.07. The second-order valence-electron chi connectivity index (χ2n) is 9.54. The van der Waals surface area contributed by atoms with Crippen molar-refractivity contribution in [1.29, 1.82) is 0 Å². The SMILES string of the molecule is C=CCOC(=O)c1sc(N2C(=O)C(=O)/C(=C(/O)c3ccc4c(c3)CC(C)O4)C2c2ccc(C(=O)OC)cc2)nc1C. The lowest BCUT2D eigenvalue weighted by atomic mass is 9.94. The average Bonchev–Trinajstić information content (AvgIpc) is 3.62. The minimum Gasteiger partial charge on any atom is -0.507 e. The van der Waals surface area contributed by atoms with Crippen LogP contribution in [0.2, 0.25) is 0 Å². The van der Waals surface area contributed by atoms with Crippen molar-refractivity contribution in [3.63, 3.8) is 0 Å². The molecule has 0 bridgehead atoms. The summed E-state index contributed by atoms with van der Waals surface area (Å²) >= 11 is 0.895. The molecule has 0 aliphatic carbocycles. The van der Waals surface area contributed by atoms with Crippen LogP contribution in [-0.2, 0) is 25.5 Å². The van der Waals surface area contributed by atoms with E-state index in [1.807, 2.05) is 6.92 Å². The predicted molar refractivity (Wildman–Crippen MR) is 150 cm³/mol. The van der Waals surface area contributed by atoms with E-state index >= 15 is 0 Å². The summed E-state index contributed by atoms with van der Waals surface area (Å²) in [4.78, 5) is 57.4. The summed E-state index contributed by atoms with van der Waals surface area (Å²) in [5, 5.41) is 11.6. The Morgan fingerprint density at radius 1 is 1.17 bits per heavy atom. The lowest BCUT2D eigenvalue weighted by molar-refractivity contribution is -0.132. The van der Waals surface area contributed by atoms with Crippen molar-refractivity contribution in [2.24, 2.45) is 0 Å². The van der Waals surface area contributed by atoms with Gasteiger partial charge in [-0.15, -0.1) is 0 Å². The maximum absolute atomic E-state index is 13.5. The molecule has 2 unspecified atom stereocenters. The van der Waals surface area contributed by atoms with Crippen molar-refractivity contribution in [1.82, 2.24) is 4.98 Å². The topological polar surface area (TPSA) is 132 Å². The Morgan fingerprint density at radius 2 is 1.88 bits per heavy atom. The first kappa shape index (κ1) is 27.8. The molecule has 0 saturated carbocycles. The molecule has 41 heavy (non-hydrogen) atoms. The van der Waals surface area contributed by atoms with E-state index in [2.05, 4.69) is 11.6 Å². The van der Waals surface area contributed by atoms with Crippen LogP contribution in [0.4, 0.5) is 5.13 Å². The normalized spacial score (nSPS) is 19.0. The van der Waals surface area contributed by atoms with Crippen molar-refractivity contribution in [3.05, 3.63) is 93.5 Å². The third kappa shape index (κ3) is 5.00. The number of rotatable bonds is 7. The van der Waals surface area contributed by atoms with Gasteiger partial charge in [0, 0.05) is 12.0 Å². The van der Waals surface area contributed by atoms with E-state index < -0.39 is 29.7 Å². The van der Waals surface area contributed by atoms with Gasteiger partial charge in [0.1, 0.15) is 29.1 Å². The van der Waals surface area contributed by atoms with Crippen molar-refractivity contribution >= 4 is 45.9 Å². The predicted octanol–water partition coefficient (Wildman–Crippen LogP) is 4.53. The molecule has 0 spiro atoms. The highest BCUT2D eigenvalue weighted by atomic mass is 32.1. The molecule has 11 heteroatoms. The summed E-state index contributed by atoms with van der Waals surface area (Å²) in [5.74, 6) is -2.72. The van der Waals surface area contributed by atoms with E-state index in [4.69, 9.17) is 14.2 Å². The zero-order chi connectivity index (χ0) is 29.4. The molecule has 1 saturated heterocycles. The number of carbonyl (C=O) groups excluding carboxylic acids is 4. The van der Waals surface area contributed by atoms with Gasteiger partial charge in [-0.1, -0.05) is 36.1 Å². The van der Waals surface area contributed by atoms with Crippen molar-refractivity contribution < 1.29 is 38.5 Å². The smallest absolute Gasteiger partial charge is 0.350 e. The summed E-state index contributed by atoms with van der Waals surface area (Å²) < 4.78 is 15.7. The highest BCUT2D eigenvalue weighted by molar-refractivity contribution is 7.17. The number of fused-ring (bicyclic) bond motifs is 1. The maximum Gasteiger partial charge on any atom is 0.350 e. The minimum absolute atomic E-state index is 0.00679. The number of ether oxygens (including phenoxy) is 3. The number of esters is 2. The molecule has 10 nitrogen and oxygen atoms in total. The molecule has 2 aliphatic heterocycles. The number of methoxy groups -OCH3 is 1. The minimum atomic E-state index is -1.10. The molecular weight excluding hydrogens is 548 g/mol. The van der Waals surface area contributed by atoms with Gasteiger partial charge in [0.05, 0.1) is 30.0 Å². The van der Waals surface area contributed by atoms with E-state index in [0.29, 0.717) is 29.0 Å². The molecule has 1 aromatic heterocycles. The van der Waals surface area contributed by atoms with E-state index in [-0.39, 0.29) is 39.6 Å². The molecule has 210 valence electrons. The number of thiazole rings is 1. The van der Waals surface area contributed by atoms with Gasteiger partial charge in [0.25, 0.3) is 5.78 Å². The van der Waals surface area contributed by atoms with Crippen LogP contribution in [0, 0.1) is 6.92 Å². The zero-order valence-electron chi connectivity index (χ0n) is 22.5. The fraction of sp³-hybridized carbons (Fsp3) is 0.233. The van der Waals surface area contributed by atoms with Crippen LogP contribution in [-0.4, -0.2) is 53.5 Å². The van der Waals surface area contributed by atoms with Gasteiger partial charge >= 0.3 is 17.8 Å². The molecule has 5 rings (SSSR count). The van der Waals surface area contributed by atoms with E-state index in [9.17, 15) is 24.3 Å². The quantitative estimate of drug-likeness (QED) is 0.142.